The molecule has 74 valence electrons. The Morgan fingerprint density at radius 2 is 2.14 bits per heavy atom. The maximum atomic E-state index is 11.8. The second-order valence-electron chi connectivity index (χ2n) is 3.54. The second kappa shape index (κ2) is 2.94. The van der Waals surface area contributed by atoms with Crippen molar-refractivity contribution in [3.63, 3.8) is 0 Å². The SMILES string of the molecule is CC(C)N1C(=O)Cn2ccnc2C1=O. The fourth-order valence-corrected chi connectivity index (χ4v) is 1.60. The Morgan fingerprint density at radius 3 is 2.79 bits per heavy atom. The van der Waals surface area contributed by atoms with E-state index < -0.39 is 0 Å². The summed E-state index contributed by atoms with van der Waals surface area (Å²) in [6.07, 6.45) is 3.17. The van der Waals surface area contributed by atoms with Crippen molar-refractivity contribution in [3.05, 3.63) is 18.2 Å². The summed E-state index contributed by atoms with van der Waals surface area (Å²) in [5.74, 6) is -0.130. The molecule has 0 bridgehead atoms. The Bertz CT molecular complexity index is 395. The standard InChI is InChI=1S/C9H11N3O2/c1-6(2)12-7(13)5-11-4-3-10-8(11)9(12)14/h3-4,6H,5H2,1-2H3. The summed E-state index contributed by atoms with van der Waals surface area (Å²) in [7, 11) is 0. The lowest BCUT2D eigenvalue weighted by Gasteiger charge is -2.28. The molecule has 1 aliphatic heterocycles. The summed E-state index contributed by atoms with van der Waals surface area (Å²) in [6.45, 7) is 3.84. The highest BCUT2D eigenvalue weighted by atomic mass is 16.2. The van der Waals surface area contributed by atoms with Crippen molar-refractivity contribution >= 4 is 11.8 Å². The third-order valence-corrected chi connectivity index (χ3v) is 2.22. The van der Waals surface area contributed by atoms with Crippen LogP contribution in [-0.4, -0.2) is 32.3 Å². The van der Waals surface area contributed by atoms with E-state index >= 15 is 0 Å². The predicted molar refractivity (Wildman–Crippen MR) is 48.5 cm³/mol. The fraction of sp³-hybridized carbons (Fsp3) is 0.444. The number of hydrogen-bond donors (Lipinski definition) is 0. The number of rotatable bonds is 1. The Morgan fingerprint density at radius 1 is 1.43 bits per heavy atom. The van der Waals surface area contributed by atoms with Crippen LogP contribution in [0.3, 0.4) is 0 Å². The van der Waals surface area contributed by atoms with E-state index in [0.29, 0.717) is 5.82 Å². The molecule has 14 heavy (non-hydrogen) atoms. The Balaban J connectivity index is 2.44. The number of amides is 2. The van der Waals surface area contributed by atoms with E-state index in [-0.39, 0.29) is 24.4 Å². The Kier molecular flexibility index (Phi) is 1.87. The van der Waals surface area contributed by atoms with Crippen molar-refractivity contribution in [1.82, 2.24) is 14.5 Å². The van der Waals surface area contributed by atoms with Gasteiger partial charge in [0, 0.05) is 18.4 Å². The van der Waals surface area contributed by atoms with Gasteiger partial charge in [-0.05, 0) is 13.8 Å². The van der Waals surface area contributed by atoms with Gasteiger partial charge in [0.15, 0.2) is 5.82 Å². The van der Waals surface area contributed by atoms with Crippen LogP contribution in [0.25, 0.3) is 0 Å². The van der Waals surface area contributed by atoms with Gasteiger partial charge >= 0.3 is 0 Å². The zero-order valence-corrected chi connectivity index (χ0v) is 8.10. The zero-order chi connectivity index (χ0) is 10.3. The normalized spacial score (nSPS) is 16.4. The molecule has 1 aromatic rings. The lowest BCUT2D eigenvalue weighted by atomic mass is 10.2. The predicted octanol–water partition coefficient (Wildman–Crippen LogP) is 0.274. The summed E-state index contributed by atoms with van der Waals surface area (Å²) in [5, 5.41) is 0. The maximum absolute atomic E-state index is 11.8. The summed E-state index contributed by atoms with van der Waals surface area (Å²) in [4.78, 5) is 28.5. The first-order chi connectivity index (χ1) is 6.61. The maximum Gasteiger partial charge on any atom is 0.296 e. The van der Waals surface area contributed by atoms with Crippen molar-refractivity contribution in [2.45, 2.75) is 26.4 Å². The summed E-state index contributed by atoms with van der Waals surface area (Å²) >= 11 is 0. The molecule has 2 rings (SSSR count). The first-order valence-electron chi connectivity index (χ1n) is 4.49. The third-order valence-electron chi connectivity index (χ3n) is 2.22. The number of fused-ring (bicyclic) bond motifs is 1. The minimum Gasteiger partial charge on any atom is -0.317 e. The summed E-state index contributed by atoms with van der Waals surface area (Å²) in [5.41, 5.74) is 0. The summed E-state index contributed by atoms with van der Waals surface area (Å²) in [6, 6.07) is -0.111. The van der Waals surface area contributed by atoms with Crippen molar-refractivity contribution in [3.8, 4) is 0 Å². The molecule has 0 radical (unpaired) electrons. The van der Waals surface area contributed by atoms with Crippen LogP contribution < -0.4 is 0 Å². The van der Waals surface area contributed by atoms with E-state index in [1.807, 2.05) is 13.8 Å². The number of hydrogen-bond acceptors (Lipinski definition) is 3. The zero-order valence-electron chi connectivity index (χ0n) is 8.10. The monoisotopic (exact) mass is 193 g/mol. The van der Waals surface area contributed by atoms with Gasteiger partial charge in [-0.3, -0.25) is 14.5 Å². The van der Waals surface area contributed by atoms with Gasteiger partial charge in [-0.1, -0.05) is 0 Å². The van der Waals surface area contributed by atoms with Crippen LogP contribution in [0.4, 0.5) is 0 Å². The molecule has 0 aromatic carbocycles. The van der Waals surface area contributed by atoms with Crippen LogP contribution in [-0.2, 0) is 11.3 Å². The lowest BCUT2D eigenvalue weighted by Crippen LogP contribution is -2.48. The van der Waals surface area contributed by atoms with Gasteiger partial charge in [-0.2, -0.15) is 0 Å². The average Bonchev–Trinajstić information content (AvgIpc) is 2.50. The van der Waals surface area contributed by atoms with Gasteiger partial charge in [0.2, 0.25) is 5.91 Å². The number of nitrogens with zero attached hydrogens (tertiary/aromatic N) is 3. The number of imide groups is 1. The molecule has 0 N–H and O–H groups in total. The van der Waals surface area contributed by atoms with E-state index in [2.05, 4.69) is 4.98 Å². The molecule has 0 saturated carbocycles. The molecular formula is C9H11N3O2. The van der Waals surface area contributed by atoms with Crippen LogP contribution in [0.15, 0.2) is 12.4 Å². The molecule has 5 heteroatoms. The fourth-order valence-electron chi connectivity index (χ4n) is 1.60. The van der Waals surface area contributed by atoms with E-state index in [9.17, 15) is 9.59 Å². The van der Waals surface area contributed by atoms with Gasteiger partial charge in [0.25, 0.3) is 5.91 Å². The smallest absolute Gasteiger partial charge is 0.296 e. The topological polar surface area (TPSA) is 55.2 Å². The van der Waals surface area contributed by atoms with E-state index in [1.165, 1.54) is 11.1 Å². The molecule has 0 spiro atoms. The number of carbonyl (C=O) groups excluding carboxylic acids is 2. The van der Waals surface area contributed by atoms with Gasteiger partial charge < -0.3 is 4.57 Å². The molecule has 0 unspecified atom stereocenters. The highest BCUT2D eigenvalue weighted by Gasteiger charge is 2.33. The molecule has 5 nitrogen and oxygen atoms in total. The molecule has 0 fully saturated rings. The Labute approximate surface area is 81.3 Å². The van der Waals surface area contributed by atoms with E-state index in [0.717, 1.165) is 0 Å². The van der Waals surface area contributed by atoms with Crippen molar-refractivity contribution in [1.29, 1.82) is 0 Å². The quantitative estimate of drug-likeness (QED) is 0.602. The van der Waals surface area contributed by atoms with Gasteiger partial charge in [0.05, 0.1) is 0 Å². The van der Waals surface area contributed by atoms with Gasteiger partial charge in [0.1, 0.15) is 6.54 Å². The highest BCUT2D eigenvalue weighted by molar-refractivity contribution is 6.05. The average molecular weight is 193 g/mol. The van der Waals surface area contributed by atoms with Crippen molar-refractivity contribution in [2.75, 3.05) is 0 Å². The van der Waals surface area contributed by atoms with Gasteiger partial charge in [-0.25, -0.2) is 4.98 Å². The third kappa shape index (κ3) is 1.13. The number of imidazole rings is 1. The Hall–Kier alpha value is -1.65. The molecule has 2 amide bonds. The van der Waals surface area contributed by atoms with Crippen LogP contribution in [0.5, 0.6) is 0 Å². The van der Waals surface area contributed by atoms with Crippen LogP contribution in [0.1, 0.15) is 24.5 Å². The molecule has 0 saturated heterocycles. The van der Waals surface area contributed by atoms with Crippen LogP contribution >= 0.6 is 0 Å². The first kappa shape index (κ1) is 8.93. The lowest BCUT2D eigenvalue weighted by molar-refractivity contribution is -0.131. The molecule has 1 aliphatic rings. The second-order valence-corrected chi connectivity index (χ2v) is 3.54. The van der Waals surface area contributed by atoms with Crippen molar-refractivity contribution in [2.24, 2.45) is 0 Å². The van der Waals surface area contributed by atoms with E-state index in [4.69, 9.17) is 0 Å². The van der Waals surface area contributed by atoms with Gasteiger partial charge in [-0.15, -0.1) is 0 Å². The largest absolute Gasteiger partial charge is 0.317 e. The minimum atomic E-state index is -0.304. The molecule has 2 heterocycles. The molecule has 0 atom stereocenters. The molecular weight excluding hydrogens is 182 g/mol. The van der Waals surface area contributed by atoms with Crippen LogP contribution in [0.2, 0.25) is 0 Å². The highest BCUT2D eigenvalue weighted by Crippen LogP contribution is 2.13. The minimum absolute atomic E-state index is 0.111. The van der Waals surface area contributed by atoms with Crippen LogP contribution in [0, 0.1) is 0 Å². The van der Waals surface area contributed by atoms with Crippen molar-refractivity contribution < 1.29 is 9.59 Å². The first-order valence-corrected chi connectivity index (χ1v) is 4.49. The van der Waals surface area contributed by atoms with E-state index in [1.54, 1.807) is 10.8 Å². The molecule has 1 aromatic heterocycles. The number of aromatic nitrogens is 2. The molecule has 0 aliphatic carbocycles. The number of carbonyl (C=O) groups is 2. The summed E-state index contributed by atoms with van der Waals surface area (Å²) < 4.78 is 1.57.